The average molecular weight is 341 g/mol. The van der Waals surface area contributed by atoms with Crippen molar-refractivity contribution in [2.45, 2.75) is 64.0 Å². The molecule has 0 radical (unpaired) electrons. The molecule has 1 aliphatic carbocycles. The Morgan fingerprint density at radius 1 is 1.12 bits per heavy atom. The molecule has 0 N–H and O–H groups in total. The minimum Gasteiger partial charge on any atom is -0.461 e. The van der Waals surface area contributed by atoms with Crippen molar-refractivity contribution >= 4 is 5.97 Å². The molecule has 3 heteroatoms. The molecule has 25 heavy (non-hydrogen) atoms. The summed E-state index contributed by atoms with van der Waals surface area (Å²) >= 11 is 0. The van der Waals surface area contributed by atoms with E-state index in [0.717, 1.165) is 37.9 Å². The van der Waals surface area contributed by atoms with Crippen LogP contribution in [0.15, 0.2) is 42.5 Å². The van der Waals surface area contributed by atoms with Crippen LogP contribution in [0.25, 0.3) is 0 Å². The zero-order valence-electron chi connectivity index (χ0n) is 15.6. The zero-order chi connectivity index (χ0) is 17.6. The molecule has 1 aliphatic heterocycles. The summed E-state index contributed by atoms with van der Waals surface area (Å²) in [5, 5.41) is 0. The lowest BCUT2D eigenvalue weighted by Crippen LogP contribution is -2.41. The maximum Gasteiger partial charge on any atom is 0.314 e. The van der Waals surface area contributed by atoms with Gasteiger partial charge in [-0.05, 0) is 70.5 Å². The van der Waals surface area contributed by atoms with Gasteiger partial charge in [-0.1, -0.05) is 42.5 Å². The van der Waals surface area contributed by atoms with Crippen molar-refractivity contribution in [3.63, 3.8) is 0 Å². The Hall–Kier alpha value is -1.61. The highest BCUT2D eigenvalue weighted by molar-refractivity contribution is 5.79. The van der Waals surface area contributed by atoms with Crippen molar-refractivity contribution < 1.29 is 9.53 Å². The summed E-state index contributed by atoms with van der Waals surface area (Å²) in [5.41, 5.74) is 1.07. The topological polar surface area (TPSA) is 29.5 Å². The SMILES string of the molecule is CC(OC(=O)C(c1ccccc1)C1C=CCCC1)C(C)N1CCCC1. The Bertz CT molecular complexity index is 577. The predicted octanol–water partition coefficient (Wildman–Crippen LogP) is 4.54. The highest BCUT2D eigenvalue weighted by Crippen LogP contribution is 2.34. The van der Waals surface area contributed by atoms with E-state index >= 15 is 0 Å². The Kier molecular flexibility index (Phi) is 6.30. The summed E-state index contributed by atoms with van der Waals surface area (Å²) in [7, 11) is 0. The number of allylic oxidation sites excluding steroid dienone is 2. The van der Waals surface area contributed by atoms with Gasteiger partial charge in [0.1, 0.15) is 6.10 Å². The van der Waals surface area contributed by atoms with Crippen LogP contribution in [0.2, 0.25) is 0 Å². The van der Waals surface area contributed by atoms with E-state index in [-0.39, 0.29) is 30.0 Å². The minimum atomic E-state index is -0.189. The first-order valence-electron chi connectivity index (χ1n) is 9.83. The number of rotatable bonds is 6. The van der Waals surface area contributed by atoms with Gasteiger partial charge in [-0.25, -0.2) is 0 Å². The molecule has 3 nitrogen and oxygen atoms in total. The van der Waals surface area contributed by atoms with E-state index in [4.69, 9.17) is 4.74 Å². The largest absolute Gasteiger partial charge is 0.461 e. The lowest BCUT2D eigenvalue weighted by Gasteiger charge is -2.32. The number of carbonyl (C=O) groups excluding carboxylic acids is 1. The molecule has 3 rings (SSSR count). The number of hydrogen-bond acceptors (Lipinski definition) is 3. The van der Waals surface area contributed by atoms with Gasteiger partial charge in [0.15, 0.2) is 0 Å². The Morgan fingerprint density at radius 2 is 1.84 bits per heavy atom. The van der Waals surface area contributed by atoms with E-state index in [1.807, 2.05) is 25.1 Å². The van der Waals surface area contributed by atoms with Crippen LogP contribution < -0.4 is 0 Å². The molecule has 0 bridgehead atoms. The van der Waals surface area contributed by atoms with Crippen LogP contribution in [0.1, 0.15) is 57.4 Å². The summed E-state index contributed by atoms with van der Waals surface area (Å²) in [4.78, 5) is 15.5. The standard InChI is InChI=1S/C22H31NO2/c1-17(23-15-9-10-16-23)18(2)25-22(24)21(19-11-5-3-6-12-19)20-13-7-4-8-14-20/h3,5-7,11-13,17-18,20-21H,4,8-10,14-16H2,1-2H3. The van der Waals surface area contributed by atoms with Gasteiger partial charge in [-0.3, -0.25) is 9.69 Å². The van der Waals surface area contributed by atoms with Crippen molar-refractivity contribution in [1.29, 1.82) is 0 Å². The van der Waals surface area contributed by atoms with Crippen molar-refractivity contribution in [2.24, 2.45) is 5.92 Å². The average Bonchev–Trinajstić information content (AvgIpc) is 3.17. The van der Waals surface area contributed by atoms with Crippen LogP contribution in [-0.2, 0) is 9.53 Å². The molecular formula is C22H31NO2. The zero-order valence-corrected chi connectivity index (χ0v) is 15.6. The van der Waals surface area contributed by atoms with Gasteiger partial charge >= 0.3 is 5.97 Å². The second-order valence-electron chi connectivity index (χ2n) is 7.54. The fraction of sp³-hybridized carbons (Fsp3) is 0.591. The highest BCUT2D eigenvalue weighted by Gasteiger charge is 2.33. The maximum atomic E-state index is 13.1. The maximum absolute atomic E-state index is 13.1. The quantitative estimate of drug-likeness (QED) is 0.562. The number of carbonyl (C=O) groups is 1. The predicted molar refractivity (Wildman–Crippen MR) is 101 cm³/mol. The summed E-state index contributed by atoms with van der Waals surface area (Å²) in [6.07, 6.45) is 10.2. The van der Waals surface area contributed by atoms with E-state index < -0.39 is 0 Å². The van der Waals surface area contributed by atoms with Crippen LogP contribution in [0.3, 0.4) is 0 Å². The molecule has 0 spiro atoms. The van der Waals surface area contributed by atoms with Crippen molar-refractivity contribution in [3.8, 4) is 0 Å². The number of benzene rings is 1. The van der Waals surface area contributed by atoms with Crippen molar-refractivity contribution in [2.75, 3.05) is 13.1 Å². The Labute approximate surface area is 152 Å². The molecule has 4 atom stereocenters. The van der Waals surface area contributed by atoms with Crippen LogP contribution in [0.5, 0.6) is 0 Å². The summed E-state index contributed by atoms with van der Waals surface area (Å²) in [6.45, 7) is 6.47. The minimum absolute atomic E-state index is 0.0682. The van der Waals surface area contributed by atoms with Gasteiger partial charge in [0.05, 0.1) is 5.92 Å². The lowest BCUT2D eigenvalue weighted by molar-refractivity contribution is -0.154. The highest BCUT2D eigenvalue weighted by atomic mass is 16.5. The number of ether oxygens (including phenoxy) is 1. The number of esters is 1. The van der Waals surface area contributed by atoms with Gasteiger partial charge in [-0.2, -0.15) is 0 Å². The summed E-state index contributed by atoms with van der Waals surface area (Å²) < 4.78 is 5.98. The van der Waals surface area contributed by atoms with Crippen LogP contribution >= 0.6 is 0 Å². The van der Waals surface area contributed by atoms with Gasteiger partial charge in [-0.15, -0.1) is 0 Å². The molecule has 0 amide bonds. The monoisotopic (exact) mass is 341 g/mol. The first kappa shape index (κ1) is 18.2. The second kappa shape index (κ2) is 8.66. The third-order valence-electron chi connectivity index (χ3n) is 5.83. The molecule has 0 saturated carbocycles. The first-order chi connectivity index (χ1) is 12.2. The van der Waals surface area contributed by atoms with E-state index in [2.05, 4.69) is 36.1 Å². The molecule has 1 heterocycles. The number of hydrogen-bond donors (Lipinski definition) is 0. The molecular weight excluding hydrogens is 310 g/mol. The molecule has 1 aromatic carbocycles. The second-order valence-corrected chi connectivity index (χ2v) is 7.54. The normalized spacial score (nSPS) is 24.6. The van der Waals surface area contributed by atoms with Crippen molar-refractivity contribution in [1.82, 2.24) is 4.90 Å². The first-order valence-corrected chi connectivity index (χ1v) is 9.83. The molecule has 0 aromatic heterocycles. The van der Waals surface area contributed by atoms with E-state index in [0.29, 0.717) is 0 Å². The van der Waals surface area contributed by atoms with Gasteiger partial charge in [0.2, 0.25) is 0 Å². The smallest absolute Gasteiger partial charge is 0.314 e. The third-order valence-corrected chi connectivity index (χ3v) is 5.83. The number of nitrogens with zero attached hydrogens (tertiary/aromatic N) is 1. The van der Waals surface area contributed by atoms with Crippen molar-refractivity contribution in [3.05, 3.63) is 48.0 Å². The van der Waals surface area contributed by atoms with Gasteiger partial charge in [0, 0.05) is 6.04 Å². The van der Waals surface area contributed by atoms with E-state index in [9.17, 15) is 4.79 Å². The van der Waals surface area contributed by atoms with E-state index in [1.54, 1.807) is 0 Å². The van der Waals surface area contributed by atoms with Crippen LogP contribution in [0, 0.1) is 5.92 Å². The molecule has 1 fully saturated rings. The fourth-order valence-electron chi connectivity index (χ4n) is 4.14. The number of likely N-dealkylation sites (tertiary alicyclic amines) is 1. The van der Waals surface area contributed by atoms with Crippen LogP contribution in [-0.4, -0.2) is 36.1 Å². The van der Waals surface area contributed by atoms with E-state index in [1.165, 1.54) is 12.8 Å². The third kappa shape index (κ3) is 4.52. The summed E-state index contributed by atoms with van der Waals surface area (Å²) in [5.74, 6) is -0.00906. The van der Waals surface area contributed by atoms with Gasteiger partial charge in [0.25, 0.3) is 0 Å². The lowest BCUT2D eigenvalue weighted by atomic mass is 9.80. The van der Waals surface area contributed by atoms with Gasteiger partial charge < -0.3 is 4.74 Å². The molecule has 4 unspecified atom stereocenters. The Morgan fingerprint density at radius 3 is 2.48 bits per heavy atom. The Balaban J connectivity index is 1.72. The summed E-state index contributed by atoms with van der Waals surface area (Å²) in [6, 6.07) is 10.4. The molecule has 1 aromatic rings. The van der Waals surface area contributed by atoms with Crippen LogP contribution in [0.4, 0.5) is 0 Å². The fourth-order valence-corrected chi connectivity index (χ4v) is 4.14. The molecule has 1 saturated heterocycles. The molecule has 136 valence electrons. The molecule has 2 aliphatic rings.